The van der Waals surface area contributed by atoms with Gasteiger partial charge in [0.15, 0.2) is 0 Å². The highest BCUT2D eigenvalue weighted by Gasteiger charge is 2.36. The molecule has 0 aliphatic heterocycles. The lowest BCUT2D eigenvalue weighted by molar-refractivity contribution is 0.660. The summed E-state index contributed by atoms with van der Waals surface area (Å²) in [5, 5.41) is 7.95. The number of nitrogens with zero attached hydrogens (tertiary/aromatic N) is 3. The molecule has 1 aliphatic carbocycles. The summed E-state index contributed by atoms with van der Waals surface area (Å²) in [7, 11) is 0. The Morgan fingerprint density at radius 3 is 1.68 bits per heavy atom. The Balaban J connectivity index is 1.29. The van der Waals surface area contributed by atoms with E-state index in [-0.39, 0.29) is 5.41 Å². The molecule has 0 amide bonds. The summed E-state index contributed by atoms with van der Waals surface area (Å²) in [6.45, 7) is 4.72. The van der Waals surface area contributed by atoms with Crippen molar-refractivity contribution in [2.75, 3.05) is 4.90 Å². The van der Waals surface area contributed by atoms with Gasteiger partial charge in [-0.2, -0.15) is 5.10 Å². The van der Waals surface area contributed by atoms with Crippen molar-refractivity contribution in [3.8, 4) is 55.9 Å². The van der Waals surface area contributed by atoms with Crippen molar-refractivity contribution in [3.63, 3.8) is 0 Å². The lowest BCUT2D eigenvalue weighted by Crippen LogP contribution is -2.17. The van der Waals surface area contributed by atoms with Gasteiger partial charge in [-0.05, 0) is 63.2 Å². The summed E-state index contributed by atoms with van der Waals surface area (Å²) < 4.78 is 2.23. The highest BCUT2D eigenvalue weighted by molar-refractivity contribution is 6.16. The topological polar surface area (TPSA) is 20.5 Å². The SMILES string of the molecule is CC1(C)c2ccccc2-c2ccc(N(c3cccc(-c4ccccc4)c3)c3c(-c4ccccc4)n4nc(-c5ccccc5)c(-c5ccccc5)c4c4ccccc34)cc21. The minimum absolute atomic E-state index is 0.176. The van der Waals surface area contributed by atoms with Gasteiger partial charge in [0, 0.05) is 44.3 Å². The molecule has 2 heterocycles. The van der Waals surface area contributed by atoms with Crippen LogP contribution in [-0.2, 0) is 5.41 Å². The van der Waals surface area contributed by atoms with E-state index in [1.54, 1.807) is 0 Å². The predicted octanol–water partition coefficient (Wildman–Crippen LogP) is 14.9. The Morgan fingerprint density at radius 2 is 0.966 bits per heavy atom. The number of pyridine rings is 1. The smallest absolute Gasteiger partial charge is 0.101 e. The van der Waals surface area contributed by atoms with Crippen LogP contribution in [0.3, 0.4) is 0 Å². The zero-order chi connectivity index (χ0) is 39.5. The van der Waals surface area contributed by atoms with Crippen LogP contribution in [0, 0.1) is 0 Å². The van der Waals surface area contributed by atoms with E-state index in [0.717, 1.165) is 72.6 Å². The average molecular weight is 756 g/mol. The highest BCUT2D eigenvalue weighted by Crippen LogP contribution is 2.53. The molecule has 0 atom stereocenters. The van der Waals surface area contributed by atoms with Crippen molar-refractivity contribution in [2.24, 2.45) is 0 Å². The molecule has 0 spiro atoms. The summed E-state index contributed by atoms with van der Waals surface area (Å²) in [4.78, 5) is 2.49. The van der Waals surface area contributed by atoms with Crippen LogP contribution in [-0.4, -0.2) is 9.61 Å². The molecule has 59 heavy (non-hydrogen) atoms. The molecule has 1 aliphatic rings. The number of fused-ring (bicyclic) bond motifs is 6. The van der Waals surface area contributed by atoms with Gasteiger partial charge in [-0.3, -0.25) is 0 Å². The van der Waals surface area contributed by atoms with Crippen LogP contribution in [0.15, 0.2) is 212 Å². The number of benzene rings is 8. The first kappa shape index (κ1) is 34.7. The normalized spacial score (nSPS) is 12.7. The molecule has 0 fully saturated rings. The van der Waals surface area contributed by atoms with Gasteiger partial charge in [0.1, 0.15) is 5.69 Å². The molecule has 11 rings (SSSR count). The Morgan fingerprint density at radius 1 is 0.424 bits per heavy atom. The van der Waals surface area contributed by atoms with E-state index >= 15 is 0 Å². The summed E-state index contributed by atoms with van der Waals surface area (Å²) >= 11 is 0. The third-order valence-corrected chi connectivity index (χ3v) is 12.2. The Hall–Kier alpha value is -7.49. The average Bonchev–Trinajstić information content (AvgIpc) is 3.81. The predicted molar refractivity (Wildman–Crippen MR) is 247 cm³/mol. The van der Waals surface area contributed by atoms with Crippen molar-refractivity contribution in [2.45, 2.75) is 19.3 Å². The zero-order valence-electron chi connectivity index (χ0n) is 33.0. The molecule has 0 radical (unpaired) electrons. The van der Waals surface area contributed by atoms with E-state index in [2.05, 4.69) is 236 Å². The minimum atomic E-state index is -0.176. The third kappa shape index (κ3) is 5.61. The van der Waals surface area contributed by atoms with E-state index in [9.17, 15) is 0 Å². The molecule has 10 aromatic rings. The molecule has 0 saturated heterocycles. The lowest BCUT2D eigenvalue weighted by Gasteiger charge is -2.31. The lowest BCUT2D eigenvalue weighted by atomic mass is 9.82. The first-order valence-electron chi connectivity index (χ1n) is 20.4. The number of aromatic nitrogens is 2. The van der Waals surface area contributed by atoms with E-state index in [1.807, 2.05) is 0 Å². The molecule has 0 bridgehead atoms. The van der Waals surface area contributed by atoms with Crippen LogP contribution in [0.5, 0.6) is 0 Å². The minimum Gasteiger partial charge on any atom is -0.308 e. The molecule has 3 nitrogen and oxygen atoms in total. The van der Waals surface area contributed by atoms with Crippen LogP contribution in [0.25, 0.3) is 72.2 Å². The van der Waals surface area contributed by atoms with Crippen LogP contribution in [0.2, 0.25) is 0 Å². The molecule has 0 saturated carbocycles. The maximum Gasteiger partial charge on any atom is 0.101 e. The maximum absolute atomic E-state index is 5.68. The zero-order valence-corrected chi connectivity index (χ0v) is 33.0. The fourth-order valence-corrected chi connectivity index (χ4v) is 9.40. The van der Waals surface area contributed by atoms with E-state index in [0.29, 0.717) is 0 Å². The van der Waals surface area contributed by atoms with Crippen LogP contribution in [0.1, 0.15) is 25.0 Å². The first-order chi connectivity index (χ1) is 29.1. The fourth-order valence-electron chi connectivity index (χ4n) is 9.40. The molecule has 2 aromatic heterocycles. The molecule has 0 unspecified atom stereocenters. The van der Waals surface area contributed by atoms with Gasteiger partial charge in [-0.15, -0.1) is 0 Å². The molecule has 280 valence electrons. The summed E-state index contributed by atoms with van der Waals surface area (Å²) in [6.07, 6.45) is 0. The maximum atomic E-state index is 5.68. The van der Waals surface area contributed by atoms with Gasteiger partial charge < -0.3 is 4.90 Å². The van der Waals surface area contributed by atoms with Crippen molar-refractivity contribution in [1.82, 2.24) is 9.61 Å². The number of rotatable bonds is 7. The largest absolute Gasteiger partial charge is 0.308 e. The summed E-state index contributed by atoms with van der Waals surface area (Å²) in [5.41, 5.74) is 18.1. The van der Waals surface area contributed by atoms with E-state index in [1.165, 1.54) is 27.8 Å². The monoisotopic (exact) mass is 755 g/mol. The van der Waals surface area contributed by atoms with Crippen molar-refractivity contribution in [3.05, 3.63) is 223 Å². The molecule has 0 N–H and O–H groups in total. The van der Waals surface area contributed by atoms with Crippen LogP contribution < -0.4 is 4.90 Å². The third-order valence-electron chi connectivity index (χ3n) is 12.2. The number of hydrogen-bond donors (Lipinski definition) is 0. The Bertz CT molecular complexity index is 3170. The quantitative estimate of drug-likeness (QED) is 0.161. The van der Waals surface area contributed by atoms with E-state index < -0.39 is 0 Å². The standard InChI is InChI=1S/C56H41N3/c1-56(2)49-33-18-17-30-45(49)46-35-34-44(37-50(46)56)58(43-29-19-28-42(36-43)38-20-7-3-8-21-38)55-48-32-16-15-31-47(48)54-51(39-22-9-4-10-23-39)52(40-24-11-5-12-25-40)57-59(54)53(55)41-26-13-6-14-27-41/h3-37H,1-2H3. The molecule has 8 aromatic carbocycles. The molecule has 3 heteroatoms. The van der Waals surface area contributed by atoms with Gasteiger partial charge in [0.05, 0.1) is 16.9 Å². The van der Waals surface area contributed by atoms with Gasteiger partial charge in [0.2, 0.25) is 0 Å². The Labute approximate surface area is 345 Å². The van der Waals surface area contributed by atoms with Crippen molar-refractivity contribution < 1.29 is 0 Å². The second kappa shape index (κ2) is 13.9. The second-order valence-electron chi connectivity index (χ2n) is 16.0. The summed E-state index contributed by atoms with van der Waals surface area (Å²) in [6, 6.07) is 76.7. The van der Waals surface area contributed by atoms with Gasteiger partial charge in [-0.25, -0.2) is 4.52 Å². The summed E-state index contributed by atoms with van der Waals surface area (Å²) in [5.74, 6) is 0. The van der Waals surface area contributed by atoms with E-state index in [4.69, 9.17) is 5.10 Å². The number of anilines is 3. The fraction of sp³-hybridized carbons (Fsp3) is 0.0536. The second-order valence-corrected chi connectivity index (χ2v) is 16.0. The Kier molecular flexibility index (Phi) is 8.16. The molecular formula is C56H41N3. The van der Waals surface area contributed by atoms with Gasteiger partial charge in [-0.1, -0.05) is 202 Å². The van der Waals surface area contributed by atoms with Gasteiger partial charge in [0.25, 0.3) is 0 Å². The van der Waals surface area contributed by atoms with Crippen LogP contribution in [0.4, 0.5) is 17.1 Å². The van der Waals surface area contributed by atoms with Gasteiger partial charge >= 0.3 is 0 Å². The number of hydrogen-bond acceptors (Lipinski definition) is 2. The van der Waals surface area contributed by atoms with Crippen molar-refractivity contribution >= 4 is 33.4 Å². The van der Waals surface area contributed by atoms with Crippen molar-refractivity contribution in [1.29, 1.82) is 0 Å². The van der Waals surface area contributed by atoms with Crippen LogP contribution >= 0.6 is 0 Å². The highest BCUT2D eigenvalue weighted by atomic mass is 15.3. The first-order valence-corrected chi connectivity index (χ1v) is 20.4. The molecular weight excluding hydrogens is 715 g/mol.